The summed E-state index contributed by atoms with van der Waals surface area (Å²) in [4.78, 5) is 13.8. The van der Waals surface area contributed by atoms with E-state index in [1.807, 2.05) is 0 Å². The topological polar surface area (TPSA) is 90.8 Å². The van der Waals surface area contributed by atoms with E-state index in [4.69, 9.17) is 5.41 Å². The molecule has 13 heteroatoms. The standard InChI is InChI=1S/C22H28F5N3O4S/c23-20(24)34-21(31)30(35(32,33)22(25,26)27)18-11-7-6-9-16(18)14-29-13-12-15-8-4-2-1-3-5-10-17(15)19(29)28/h6-7,9,11,15,17,20,28H,1-5,8,10,12-14H2. The van der Waals surface area contributed by atoms with Crippen LogP contribution in [0.3, 0.4) is 0 Å². The lowest BCUT2D eigenvalue weighted by atomic mass is 9.79. The van der Waals surface area contributed by atoms with Crippen molar-refractivity contribution in [2.75, 3.05) is 10.8 Å². The fourth-order valence-corrected chi connectivity index (χ4v) is 5.77. The molecule has 0 bridgehead atoms. The van der Waals surface area contributed by atoms with Crippen LogP contribution in [-0.4, -0.2) is 43.9 Å². The van der Waals surface area contributed by atoms with E-state index in [-0.39, 0.29) is 18.0 Å². The van der Waals surface area contributed by atoms with Crippen molar-refractivity contribution in [3.63, 3.8) is 0 Å². The van der Waals surface area contributed by atoms with Crippen molar-refractivity contribution >= 4 is 27.6 Å². The molecule has 3 rings (SSSR count). The second-order valence-corrected chi connectivity index (χ2v) is 10.6. The lowest BCUT2D eigenvalue weighted by Crippen LogP contribution is -2.47. The van der Waals surface area contributed by atoms with Crippen molar-refractivity contribution in [2.24, 2.45) is 11.8 Å². The third kappa shape index (κ3) is 6.22. The SMILES string of the molecule is N=C1C2CCCCCCCC2CCN1Cc1ccccc1N(C(=O)OC(F)F)S(=O)(=O)C(F)(F)F. The molecule has 0 aromatic heterocycles. The van der Waals surface area contributed by atoms with E-state index in [1.54, 1.807) is 4.90 Å². The van der Waals surface area contributed by atoms with Gasteiger partial charge in [-0.15, -0.1) is 0 Å². The summed E-state index contributed by atoms with van der Waals surface area (Å²) in [5.74, 6) is 0.626. The summed E-state index contributed by atoms with van der Waals surface area (Å²) in [5.41, 5.74) is -6.73. The van der Waals surface area contributed by atoms with Gasteiger partial charge in [0.05, 0.1) is 11.5 Å². The summed E-state index contributed by atoms with van der Waals surface area (Å²) in [6, 6.07) is 4.82. The van der Waals surface area contributed by atoms with Gasteiger partial charge in [-0.3, -0.25) is 5.41 Å². The number of carbonyl (C=O) groups excluding carboxylic acids is 1. The van der Waals surface area contributed by atoms with Gasteiger partial charge in [0.25, 0.3) is 0 Å². The molecule has 1 aliphatic heterocycles. The number of nitrogens with one attached hydrogen (secondary N) is 1. The average Bonchev–Trinajstić information content (AvgIpc) is 2.88. The molecule has 2 aliphatic rings. The van der Waals surface area contributed by atoms with Gasteiger partial charge in [0.1, 0.15) is 0 Å². The minimum Gasteiger partial charge on any atom is -0.385 e. The third-order valence-electron chi connectivity index (χ3n) is 6.58. The van der Waals surface area contributed by atoms with Gasteiger partial charge in [0.15, 0.2) is 0 Å². The summed E-state index contributed by atoms with van der Waals surface area (Å²) >= 11 is 0. The predicted octanol–water partition coefficient (Wildman–Crippen LogP) is 5.86. The first-order valence-electron chi connectivity index (χ1n) is 11.4. The number of amides is 1. The van der Waals surface area contributed by atoms with Crippen LogP contribution in [0.1, 0.15) is 56.9 Å². The number of alkyl halides is 5. The molecule has 1 saturated heterocycles. The van der Waals surface area contributed by atoms with Crippen molar-refractivity contribution < 1.29 is 39.9 Å². The van der Waals surface area contributed by atoms with Crippen LogP contribution in [0.15, 0.2) is 24.3 Å². The molecular weight excluding hydrogens is 497 g/mol. The minimum absolute atomic E-state index is 0.0205. The van der Waals surface area contributed by atoms with E-state index >= 15 is 0 Å². The Kier molecular flexibility index (Phi) is 8.60. The van der Waals surface area contributed by atoms with Crippen LogP contribution in [0.2, 0.25) is 0 Å². The van der Waals surface area contributed by atoms with Crippen molar-refractivity contribution in [1.82, 2.24) is 4.90 Å². The maximum absolute atomic E-state index is 13.3. The molecule has 1 heterocycles. The molecule has 35 heavy (non-hydrogen) atoms. The largest absolute Gasteiger partial charge is 0.517 e. The maximum Gasteiger partial charge on any atom is 0.517 e. The van der Waals surface area contributed by atoms with E-state index in [0.29, 0.717) is 18.3 Å². The molecule has 0 spiro atoms. The number of para-hydroxylation sites is 1. The van der Waals surface area contributed by atoms with E-state index in [0.717, 1.165) is 57.4 Å². The molecule has 1 amide bonds. The van der Waals surface area contributed by atoms with Crippen molar-refractivity contribution in [3.05, 3.63) is 29.8 Å². The number of halogens is 5. The fourth-order valence-electron chi connectivity index (χ4n) is 4.89. The van der Waals surface area contributed by atoms with Gasteiger partial charge in [-0.25, -0.2) is 4.79 Å². The fraction of sp³-hybridized carbons (Fsp3) is 0.636. The molecule has 1 aromatic carbocycles. The Morgan fingerprint density at radius 1 is 1.09 bits per heavy atom. The number of likely N-dealkylation sites (tertiary alicyclic amines) is 1. The van der Waals surface area contributed by atoms with Gasteiger partial charge >= 0.3 is 28.2 Å². The van der Waals surface area contributed by atoms with Crippen molar-refractivity contribution in [1.29, 1.82) is 5.41 Å². The zero-order chi connectivity index (χ0) is 25.8. The zero-order valence-electron chi connectivity index (χ0n) is 18.9. The van der Waals surface area contributed by atoms with Gasteiger partial charge in [-0.1, -0.05) is 50.3 Å². The smallest absolute Gasteiger partial charge is 0.385 e. The van der Waals surface area contributed by atoms with Crippen molar-refractivity contribution in [2.45, 2.75) is 70.0 Å². The number of ether oxygens (including phenoxy) is 1. The molecule has 2 atom stereocenters. The summed E-state index contributed by atoms with van der Waals surface area (Å²) in [6.45, 7) is -3.55. The monoisotopic (exact) mass is 525 g/mol. The molecular formula is C22H28F5N3O4S. The van der Waals surface area contributed by atoms with Gasteiger partial charge < -0.3 is 9.64 Å². The molecule has 1 saturated carbocycles. The summed E-state index contributed by atoms with van der Waals surface area (Å²) in [7, 11) is -6.39. The van der Waals surface area contributed by atoms with Crippen LogP contribution in [0.4, 0.5) is 32.4 Å². The molecule has 7 nitrogen and oxygen atoms in total. The molecule has 1 aliphatic carbocycles. The number of piperidine rings is 1. The summed E-state index contributed by atoms with van der Waals surface area (Å²) in [6.07, 6.45) is 5.61. The first-order chi connectivity index (χ1) is 16.4. The van der Waals surface area contributed by atoms with E-state index in [9.17, 15) is 35.2 Å². The Labute approximate surface area is 200 Å². The number of amidine groups is 1. The van der Waals surface area contributed by atoms with Gasteiger partial charge in [-0.2, -0.15) is 34.7 Å². The van der Waals surface area contributed by atoms with Crippen LogP contribution < -0.4 is 4.31 Å². The number of hydrogen-bond acceptors (Lipinski definition) is 5. The molecule has 196 valence electrons. The third-order valence-corrected chi connectivity index (χ3v) is 7.99. The number of fused-ring (bicyclic) bond motifs is 1. The highest BCUT2D eigenvalue weighted by Crippen LogP contribution is 2.37. The number of anilines is 1. The minimum atomic E-state index is -6.39. The first-order valence-corrected chi connectivity index (χ1v) is 12.9. The highest BCUT2D eigenvalue weighted by molar-refractivity contribution is 7.94. The van der Waals surface area contributed by atoms with Gasteiger partial charge in [0, 0.05) is 19.0 Å². The van der Waals surface area contributed by atoms with E-state index in [2.05, 4.69) is 4.74 Å². The van der Waals surface area contributed by atoms with Crippen LogP contribution >= 0.6 is 0 Å². The quantitative estimate of drug-likeness (QED) is 0.486. The Hall–Kier alpha value is -2.44. The summed E-state index contributed by atoms with van der Waals surface area (Å²) in [5, 5.41) is 8.76. The highest BCUT2D eigenvalue weighted by atomic mass is 32.2. The average molecular weight is 526 g/mol. The molecule has 1 N–H and O–H groups in total. The van der Waals surface area contributed by atoms with Crippen LogP contribution in [0.5, 0.6) is 0 Å². The predicted molar refractivity (Wildman–Crippen MR) is 118 cm³/mol. The second kappa shape index (κ2) is 11.1. The van der Waals surface area contributed by atoms with E-state index < -0.39 is 38.2 Å². The van der Waals surface area contributed by atoms with Gasteiger partial charge in [-0.05, 0) is 36.8 Å². The number of rotatable bonds is 5. The van der Waals surface area contributed by atoms with E-state index in [1.165, 1.54) is 18.2 Å². The lowest BCUT2D eigenvalue weighted by molar-refractivity contribution is -0.0789. The zero-order valence-corrected chi connectivity index (χ0v) is 19.8. The van der Waals surface area contributed by atoms with Gasteiger partial charge in [0.2, 0.25) is 0 Å². The molecule has 2 unspecified atom stereocenters. The number of carbonyl (C=O) groups is 1. The van der Waals surface area contributed by atoms with Crippen molar-refractivity contribution in [3.8, 4) is 0 Å². The Balaban J connectivity index is 1.93. The lowest BCUT2D eigenvalue weighted by Gasteiger charge is -2.41. The van der Waals surface area contributed by atoms with Crippen LogP contribution in [-0.2, 0) is 21.3 Å². The molecule has 1 aromatic rings. The van der Waals surface area contributed by atoms with Crippen LogP contribution in [0, 0.1) is 17.2 Å². The van der Waals surface area contributed by atoms with Crippen LogP contribution in [0.25, 0.3) is 0 Å². The Morgan fingerprint density at radius 3 is 2.37 bits per heavy atom. The Bertz CT molecular complexity index is 1020. The number of sulfonamides is 1. The number of hydrogen-bond donors (Lipinski definition) is 1. The highest BCUT2D eigenvalue weighted by Gasteiger charge is 2.54. The molecule has 0 radical (unpaired) electrons. The number of nitrogens with zero attached hydrogens (tertiary/aromatic N) is 2. The second-order valence-electron chi connectivity index (χ2n) is 8.80. The first kappa shape index (κ1) is 27.2. The number of benzene rings is 1. The normalized spacial score (nSPS) is 22.1. The Morgan fingerprint density at radius 2 is 1.71 bits per heavy atom. The molecule has 2 fully saturated rings. The maximum atomic E-state index is 13.3. The summed E-state index contributed by atoms with van der Waals surface area (Å²) < 4.78 is 92.4.